The molecule has 0 saturated heterocycles. The molecular formula is C18H24N3O2S+. The van der Waals surface area contributed by atoms with E-state index >= 15 is 0 Å². The van der Waals surface area contributed by atoms with Crippen molar-refractivity contribution in [3.05, 3.63) is 47.2 Å². The highest BCUT2D eigenvalue weighted by molar-refractivity contribution is 7.98. The van der Waals surface area contributed by atoms with Gasteiger partial charge in [-0.15, -0.1) is 0 Å². The molecule has 0 unspecified atom stereocenters. The number of hydrogen-bond acceptors (Lipinski definition) is 5. The molecule has 2 aromatic rings. The first-order chi connectivity index (χ1) is 11.7. The smallest absolute Gasteiger partial charge is 0.284 e. The molecule has 5 nitrogen and oxygen atoms in total. The first-order valence-electron chi connectivity index (χ1n) is 8.16. The molecule has 0 spiro atoms. The third kappa shape index (κ3) is 3.76. The molecule has 2 heterocycles. The van der Waals surface area contributed by atoms with E-state index in [0.29, 0.717) is 0 Å². The molecule has 24 heavy (non-hydrogen) atoms. The van der Waals surface area contributed by atoms with Crippen LogP contribution in [0.5, 0.6) is 11.5 Å². The largest absolute Gasteiger partial charge is 0.493 e. The molecule has 0 fully saturated rings. The Morgan fingerprint density at radius 3 is 2.62 bits per heavy atom. The zero-order valence-electron chi connectivity index (χ0n) is 14.4. The van der Waals surface area contributed by atoms with Crippen molar-refractivity contribution in [3.63, 3.8) is 0 Å². The lowest BCUT2D eigenvalue weighted by atomic mass is 10.0. The number of methoxy groups -OCH3 is 2. The van der Waals surface area contributed by atoms with Gasteiger partial charge in [-0.2, -0.15) is 4.72 Å². The van der Waals surface area contributed by atoms with Crippen LogP contribution < -0.4 is 19.2 Å². The SMILES string of the molecule is CCc1cccc(NSN2CCc3cc(OC)c(OC)cc3C2)[nH+]1. The van der Waals surface area contributed by atoms with E-state index in [4.69, 9.17) is 9.47 Å². The van der Waals surface area contributed by atoms with E-state index in [0.717, 1.165) is 43.2 Å². The second kappa shape index (κ2) is 7.77. The normalized spacial score (nSPS) is 14.1. The summed E-state index contributed by atoms with van der Waals surface area (Å²) in [5.74, 6) is 2.62. The Hall–Kier alpha value is -1.92. The highest BCUT2D eigenvalue weighted by atomic mass is 32.2. The van der Waals surface area contributed by atoms with Crippen LogP contribution in [0.3, 0.4) is 0 Å². The van der Waals surface area contributed by atoms with Crippen molar-refractivity contribution in [3.8, 4) is 11.5 Å². The van der Waals surface area contributed by atoms with Crippen molar-refractivity contribution in [1.29, 1.82) is 0 Å². The van der Waals surface area contributed by atoms with E-state index in [-0.39, 0.29) is 0 Å². The summed E-state index contributed by atoms with van der Waals surface area (Å²) >= 11 is 1.64. The van der Waals surface area contributed by atoms with E-state index in [9.17, 15) is 0 Å². The minimum atomic E-state index is 0.792. The third-order valence-electron chi connectivity index (χ3n) is 4.20. The number of ether oxygens (including phenoxy) is 2. The highest BCUT2D eigenvalue weighted by Gasteiger charge is 2.21. The summed E-state index contributed by atoms with van der Waals surface area (Å²) in [6.07, 6.45) is 2.00. The average molecular weight is 346 g/mol. The number of nitrogens with one attached hydrogen (secondary N) is 2. The molecule has 2 N–H and O–H groups in total. The summed E-state index contributed by atoms with van der Waals surface area (Å²) in [7, 11) is 3.36. The maximum absolute atomic E-state index is 5.42. The fraction of sp³-hybridized carbons (Fsp3) is 0.389. The molecule has 0 bridgehead atoms. The maximum atomic E-state index is 5.42. The topological polar surface area (TPSA) is 47.9 Å². The number of aromatic nitrogens is 1. The lowest BCUT2D eigenvalue weighted by Crippen LogP contribution is -2.27. The van der Waals surface area contributed by atoms with Gasteiger partial charge in [0.15, 0.2) is 11.5 Å². The molecule has 6 heteroatoms. The molecule has 0 atom stereocenters. The van der Waals surface area contributed by atoms with Gasteiger partial charge in [0.25, 0.3) is 5.82 Å². The van der Waals surface area contributed by atoms with Crippen LogP contribution in [0.2, 0.25) is 0 Å². The number of aromatic amines is 1. The number of H-pyrrole nitrogens is 1. The van der Waals surface area contributed by atoms with E-state index in [1.54, 1.807) is 26.4 Å². The third-order valence-corrected chi connectivity index (χ3v) is 5.09. The van der Waals surface area contributed by atoms with Crippen molar-refractivity contribution in [2.75, 3.05) is 25.5 Å². The van der Waals surface area contributed by atoms with Crippen LogP contribution >= 0.6 is 12.1 Å². The Morgan fingerprint density at radius 1 is 1.17 bits per heavy atom. The van der Waals surface area contributed by atoms with Crippen LogP contribution in [0, 0.1) is 0 Å². The molecular weight excluding hydrogens is 322 g/mol. The number of aryl methyl sites for hydroxylation is 1. The minimum Gasteiger partial charge on any atom is -0.493 e. The summed E-state index contributed by atoms with van der Waals surface area (Å²) in [5, 5.41) is 0. The zero-order chi connectivity index (χ0) is 16.9. The van der Waals surface area contributed by atoms with Crippen LogP contribution in [-0.4, -0.2) is 25.1 Å². The van der Waals surface area contributed by atoms with E-state index < -0.39 is 0 Å². The molecule has 1 aromatic carbocycles. The molecule has 0 aliphatic carbocycles. The van der Waals surface area contributed by atoms with E-state index in [1.807, 2.05) is 0 Å². The van der Waals surface area contributed by atoms with Gasteiger partial charge in [0, 0.05) is 25.6 Å². The molecule has 128 valence electrons. The Morgan fingerprint density at radius 2 is 1.92 bits per heavy atom. The number of rotatable bonds is 6. The van der Waals surface area contributed by atoms with Crippen LogP contribution in [0.25, 0.3) is 0 Å². The highest BCUT2D eigenvalue weighted by Crippen LogP contribution is 2.34. The Kier molecular flexibility index (Phi) is 5.48. The van der Waals surface area contributed by atoms with Gasteiger partial charge in [-0.1, -0.05) is 13.0 Å². The number of pyridine rings is 1. The average Bonchev–Trinajstić information content (AvgIpc) is 2.65. The quantitative estimate of drug-likeness (QED) is 0.815. The van der Waals surface area contributed by atoms with Gasteiger partial charge in [0.1, 0.15) is 17.8 Å². The fourth-order valence-electron chi connectivity index (χ4n) is 2.83. The summed E-state index contributed by atoms with van der Waals surface area (Å²) in [6, 6.07) is 10.4. The van der Waals surface area contributed by atoms with Crippen molar-refractivity contribution in [2.24, 2.45) is 0 Å². The van der Waals surface area contributed by atoms with Gasteiger partial charge in [0.2, 0.25) is 0 Å². The van der Waals surface area contributed by atoms with E-state index in [2.05, 4.69) is 51.3 Å². The lowest BCUT2D eigenvalue weighted by Gasteiger charge is -2.26. The number of fused-ring (bicyclic) bond motifs is 1. The van der Waals surface area contributed by atoms with Gasteiger partial charge < -0.3 is 9.47 Å². The lowest BCUT2D eigenvalue weighted by molar-refractivity contribution is -0.372. The van der Waals surface area contributed by atoms with Gasteiger partial charge in [-0.05, 0) is 35.7 Å². The monoisotopic (exact) mass is 346 g/mol. The molecule has 0 radical (unpaired) electrons. The number of nitrogens with zero attached hydrogens (tertiary/aromatic N) is 1. The van der Waals surface area contributed by atoms with Crippen molar-refractivity contribution >= 4 is 18.0 Å². The van der Waals surface area contributed by atoms with Gasteiger partial charge in [-0.3, -0.25) is 0 Å². The second-order valence-electron chi connectivity index (χ2n) is 5.73. The Balaban J connectivity index is 1.66. The standard InChI is InChI=1S/C18H23N3O2S/c1-4-15-6-5-7-18(19-15)20-24-21-9-8-13-10-16(22-2)17(23-3)11-14(13)12-21/h5-7,10-11H,4,8-9,12H2,1-3H3,(H,19,20)/p+1. The summed E-state index contributed by atoms with van der Waals surface area (Å²) in [5.41, 5.74) is 3.85. The molecule has 3 rings (SSSR count). The Labute approximate surface area is 147 Å². The van der Waals surface area contributed by atoms with Crippen molar-refractivity contribution < 1.29 is 14.5 Å². The van der Waals surface area contributed by atoms with Gasteiger partial charge in [0.05, 0.1) is 14.2 Å². The Bertz CT molecular complexity index is 709. The predicted octanol–water partition coefficient (Wildman–Crippen LogP) is 3.11. The minimum absolute atomic E-state index is 0.792. The fourth-order valence-corrected chi connectivity index (χ4v) is 3.56. The van der Waals surface area contributed by atoms with Crippen LogP contribution in [-0.2, 0) is 19.4 Å². The summed E-state index contributed by atoms with van der Waals surface area (Å²) < 4.78 is 16.5. The molecule has 1 aliphatic rings. The number of hydrogen-bond donors (Lipinski definition) is 1. The van der Waals surface area contributed by atoms with Crippen molar-refractivity contribution in [1.82, 2.24) is 4.31 Å². The number of anilines is 1. The van der Waals surface area contributed by atoms with Crippen LogP contribution in [0.4, 0.5) is 5.82 Å². The molecule has 1 aliphatic heterocycles. The van der Waals surface area contributed by atoms with Crippen LogP contribution in [0.1, 0.15) is 23.7 Å². The predicted molar refractivity (Wildman–Crippen MR) is 97.2 cm³/mol. The summed E-state index contributed by atoms with van der Waals surface area (Å²) in [4.78, 5) is 3.39. The molecule has 1 aromatic heterocycles. The van der Waals surface area contributed by atoms with E-state index in [1.165, 1.54) is 16.8 Å². The first kappa shape index (κ1) is 16.9. The first-order valence-corrected chi connectivity index (χ1v) is 8.93. The summed E-state index contributed by atoms with van der Waals surface area (Å²) in [6.45, 7) is 4.01. The van der Waals surface area contributed by atoms with Gasteiger partial charge in [-0.25, -0.2) is 9.29 Å². The second-order valence-corrected chi connectivity index (χ2v) is 6.63. The molecule has 0 saturated carbocycles. The maximum Gasteiger partial charge on any atom is 0.284 e. The van der Waals surface area contributed by atoms with Crippen LogP contribution in [0.15, 0.2) is 30.3 Å². The number of benzene rings is 1. The molecule has 0 amide bonds. The van der Waals surface area contributed by atoms with Crippen molar-refractivity contribution in [2.45, 2.75) is 26.3 Å². The zero-order valence-corrected chi connectivity index (χ0v) is 15.2. The van der Waals surface area contributed by atoms with Gasteiger partial charge >= 0.3 is 0 Å².